The summed E-state index contributed by atoms with van der Waals surface area (Å²) >= 11 is 0. The summed E-state index contributed by atoms with van der Waals surface area (Å²) in [4.78, 5) is 1.37. The van der Waals surface area contributed by atoms with Crippen LogP contribution in [0, 0.1) is 6.92 Å². The van der Waals surface area contributed by atoms with Crippen molar-refractivity contribution in [1.29, 1.82) is 0 Å². The SMILES string of the molecule is Cc1ccc(N)c(CN(CC(F)(F)F)C(C)C)c1. The number of anilines is 1. The van der Waals surface area contributed by atoms with Gasteiger partial charge in [-0.25, -0.2) is 0 Å². The molecule has 1 rings (SSSR count). The third-order valence-corrected chi connectivity index (χ3v) is 2.78. The number of hydrogen-bond donors (Lipinski definition) is 1. The lowest BCUT2D eigenvalue weighted by atomic mass is 10.1. The van der Waals surface area contributed by atoms with Gasteiger partial charge in [-0.1, -0.05) is 17.7 Å². The molecule has 2 nitrogen and oxygen atoms in total. The molecule has 18 heavy (non-hydrogen) atoms. The van der Waals surface area contributed by atoms with Crippen molar-refractivity contribution in [2.24, 2.45) is 0 Å². The molecule has 0 aliphatic heterocycles. The topological polar surface area (TPSA) is 29.3 Å². The highest BCUT2D eigenvalue weighted by atomic mass is 19.4. The molecular weight excluding hydrogens is 241 g/mol. The van der Waals surface area contributed by atoms with Gasteiger partial charge in [0, 0.05) is 18.3 Å². The lowest BCUT2D eigenvalue weighted by Gasteiger charge is -2.28. The van der Waals surface area contributed by atoms with E-state index in [2.05, 4.69) is 0 Å². The number of aryl methyl sites for hydroxylation is 1. The van der Waals surface area contributed by atoms with Gasteiger partial charge < -0.3 is 5.73 Å². The number of alkyl halides is 3. The van der Waals surface area contributed by atoms with Crippen LogP contribution in [0.5, 0.6) is 0 Å². The van der Waals surface area contributed by atoms with Crippen LogP contribution in [0.15, 0.2) is 18.2 Å². The fraction of sp³-hybridized carbons (Fsp3) is 0.538. The smallest absolute Gasteiger partial charge is 0.398 e. The molecule has 0 bridgehead atoms. The van der Waals surface area contributed by atoms with Gasteiger partial charge in [0.15, 0.2) is 0 Å². The molecule has 0 amide bonds. The minimum absolute atomic E-state index is 0.188. The van der Waals surface area contributed by atoms with Gasteiger partial charge in [0.25, 0.3) is 0 Å². The number of nitrogen functional groups attached to an aromatic ring is 1. The number of benzene rings is 1. The quantitative estimate of drug-likeness (QED) is 0.841. The van der Waals surface area contributed by atoms with E-state index in [1.807, 2.05) is 19.1 Å². The van der Waals surface area contributed by atoms with Gasteiger partial charge in [-0.15, -0.1) is 0 Å². The molecule has 0 spiro atoms. The van der Waals surface area contributed by atoms with Crippen LogP contribution in [0.25, 0.3) is 0 Å². The van der Waals surface area contributed by atoms with Crippen molar-refractivity contribution in [3.63, 3.8) is 0 Å². The molecule has 0 heterocycles. The fourth-order valence-electron chi connectivity index (χ4n) is 1.74. The molecule has 0 saturated heterocycles. The molecule has 0 aliphatic rings. The number of hydrogen-bond acceptors (Lipinski definition) is 2. The van der Waals surface area contributed by atoms with Crippen LogP contribution in [0.2, 0.25) is 0 Å². The predicted molar refractivity (Wildman–Crippen MR) is 67.2 cm³/mol. The zero-order valence-electron chi connectivity index (χ0n) is 10.9. The van der Waals surface area contributed by atoms with Crippen LogP contribution in [0.4, 0.5) is 18.9 Å². The Hall–Kier alpha value is -1.23. The van der Waals surface area contributed by atoms with Crippen LogP contribution >= 0.6 is 0 Å². The standard InChI is InChI=1S/C13H19F3N2/c1-9(2)18(8-13(14,15)16)7-11-6-10(3)4-5-12(11)17/h4-6,9H,7-8,17H2,1-3H3. The summed E-state index contributed by atoms with van der Waals surface area (Å²) in [7, 11) is 0. The average Bonchev–Trinajstić information content (AvgIpc) is 2.20. The Labute approximate surface area is 106 Å². The third kappa shape index (κ3) is 4.56. The second kappa shape index (κ2) is 5.61. The Morgan fingerprint density at radius 3 is 2.39 bits per heavy atom. The van der Waals surface area contributed by atoms with Crippen LogP contribution in [-0.4, -0.2) is 23.7 Å². The van der Waals surface area contributed by atoms with Crippen molar-refractivity contribution in [3.05, 3.63) is 29.3 Å². The fourth-order valence-corrected chi connectivity index (χ4v) is 1.74. The number of halogens is 3. The summed E-state index contributed by atoms with van der Waals surface area (Å²) in [6.45, 7) is 4.69. The normalized spacial score (nSPS) is 12.4. The van der Waals surface area contributed by atoms with Crippen LogP contribution in [0.3, 0.4) is 0 Å². The largest absolute Gasteiger partial charge is 0.401 e. The first kappa shape index (κ1) is 14.8. The van der Waals surface area contributed by atoms with Crippen molar-refractivity contribution in [3.8, 4) is 0 Å². The zero-order chi connectivity index (χ0) is 13.9. The summed E-state index contributed by atoms with van der Waals surface area (Å²) in [5, 5.41) is 0. The second-order valence-electron chi connectivity index (χ2n) is 4.82. The van der Waals surface area contributed by atoms with E-state index >= 15 is 0 Å². The predicted octanol–water partition coefficient (Wildman–Crippen LogP) is 3.35. The van der Waals surface area contributed by atoms with Gasteiger partial charge in [0.1, 0.15) is 0 Å². The maximum Gasteiger partial charge on any atom is 0.401 e. The van der Waals surface area contributed by atoms with Gasteiger partial charge in [0.2, 0.25) is 0 Å². The van der Waals surface area contributed by atoms with E-state index in [-0.39, 0.29) is 12.6 Å². The Morgan fingerprint density at radius 1 is 1.28 bits per heavy atom. The summed E-state index contributed by atoms with van der Waals surface area (Å²) in [5.41, 5.74) is 8.07. The van der Waals surface area contributed by atoms with E-state index in [0.29, 0.717) is 5.69 Å². The van der Waals surface area contributed by atoms with Crippen molar-refractivity contribution in [2.45, 2.75) is 39.5 Å². The molecule has 0 saturated carbocycles. The van der Waals surface area contributed by atoms with E-state index in [4.69, 9.17) is 5.73 Å². The summed E-state index contributed by atoms with van der Waals surface area (Å²) in [6, 6.07) is 5.23. The van der Waals surface area contributed by atoms with E-state index in [0.717, 1.165) is 11.1 Å². The zero-order valence-corrected chi connectivity index (χ0v) is 10.9. The molecule has 0 fully saturated rings. The first-order valence-corrected chi connectivity index (χ1v) is 5.85. The molecule has 0 aromatic heterocycles. The Morgan fingerprint density at radius 2 is 1.89 bits per heavy atom. The van der Waals surface area contributed by atoms with Crippen LogP contribution < -0.4 is 5.73 Å². The lowest BCUT2D eigenvalue weighted by Crippen LogP contribution is -2.38. The minimum Gasteiger partial charge on any atom is -0.398 e. The Balaban J connectivity index is 2.86. The molecule has 5 heteroatoms. The van der Waals surface area contributed by atoms with Crippen molar-refractivity contribution in [2.75, 3.05) is 12.3 Å². The van der Waals surface area contributed by atoms with Gasteiger partial charge in [0.05, 0.1) is 6.54 Å². The molecule has 102 valence electrons. The number of nitrogens with two attached hydrogens (primary N) is 1. The summed E-state index contributed by atoms with van der Waals surface area (Å²) in [5.74, 6) is 0. The maximum absolute atomic E-state index is 12.5. The number of nitrogens with zero attached hydrogens (tertiary/aromatic N) is 1. The van der Waals surface area contributed by atoms with Crippen molar-refractivity contribution >= 4 is 5.69 Å². The molecule has 0 atom stereocenters. The average molecular weight is 260 g/mol. The van der Waals surface area contributed by atoms with Gasteiger partial charge >= 0.3 is 6.18 Å². The maximum atomic E-state index is 12.5. The molecule has 1 aromatic carbocycles. The molecule has 0 radical (unpaired) electrons. The van der Waals surface area contributed by atoms with Crippen molar-refractivity contribution in [1.82, 2.24) is 4.90 Å². The first-order valence-electron chi connectivity index (χ1n) is 5.85. The molecule has 1 aromatic rings. The molecular formula is C13H19F3N2. The van der Waals surface area contributed by atoms with Crippen LogP contribution in [-0.2, 0) is 6.54 Å². The monoisotopic (exact) mass is 260 g/mol. The summed E-state index contributed by atoms with van der Waals surface area (Å²) < 4.78 is 37.4. The molecule has 0 unspecified atom stereocenters. The first-order chi connectivity index (χ1) is 8.19. The third-order valence-electron chi connectivity index (χ3n) is 2.78. The van der Waals surface area contributed by atoms with Gasteiger partial charge in [-0.3, -0.25) is 4.90 Å². The van der Waals surface area contributed by atoms with E-state index in [1.54, 1.807) is 19.9 Å². The van der Waals surface area contributed by atoms with E-state index in [1.165, 1.54) is 4.90 Å². The van der Waals surface area contributed by atoms with E-state index < -0.39 is 12.7 Å². The molecule has 2 N–H and O–H groups in total. The number of rotatable bonds is 4. The minimum atomic E-state index is -4.19. The summed E-state index contributed by atoms with van der Waals surface area (Å²) in [6.07, 6.45) is -4.19. The highest BCUT2D eigenvalue weighted by Gasteiger charge is 2.31. The van der Waals surface area contributed by atoms with Gasteiger partial charge in [-0.05, 0) is 32.4 Å². The lowest BCUT2D eigenvalue weighted by molar-refractivity contribution is -0.150. The molecule has 0 aliphatic carbocycles. The van der Waals surface area contributed by atoms with E-state index in [9.17, 15) is 13.2 Å². The van der Waals surface area contributed by atoms with Gasteiger partial charge in [-0.2, -0.15) is 13.2 Å². The highest BCUT2D eigenvalue weighted by Crippen LogP contribution is 2.22. The van der Waals surface area contributed by atoms with Crippen LogP contribution in [0.1, 0.15) is 25.0 Å². The Kier molecular flexibility index (Phi) is 4.62. The second-order valence-corrected chi connectivity index (χ2v) is 4.82. The van der Waals surface area contributed by atoms with Crippen molar-refractivity contribution < 1.29 is 13.2 Å². The highest BCUT2D eigenvalue weighted by molar-refractivity contribution is 5.48. The Bertz CT molecular complexity index is 400.